The average molecular weight is 280 g/mol. The van der Waals surface area contributed by atoms with Gasteiger partial charge in [-0.15, -0.1) is 0 Å². The summed E-state index contributed by atoms with van der Waals surface area (Å²) in [5.74, 6) is -0.324. The van der Waals surface area contributed by atoms with Gasteiger partial charge < -0.3 is 11.1 Å². The summed E-state index contributed by atoms with van der Waals surface area (Å²) in [6.45, 7) is 2.37. The van der Waals surface area contributed by atoms with Crippen LogP contribution in [-0.2, 0) is 11.2 Å². The van der Waals surface area contributed by atoms with E-state index in [1.54, 1.807) is 6.07 Å². The monoisotopic (exact) mass is 280 g/mol. The molecular weight excluding hydrogens is 263 g/mol. The third-order valence-electron chi connectivity index (χ3n) is 3.64. The third-order valence-corrected chi connectivity index (χ3v) is 4.03. The van der Waals surface area contributed by atoms with Crippen LogP contribution in [-0.4, -0.2) is 17.4 Å². The van der Waals surface area contributed by atoms with E-state index in [0.29, 0.717) is 13.0 Å². The van der Waals surface area contributed by atoms with Gasteiger partial charge in [0.25, 0.3) is 0 Å². The summed E-state index contributed by atoms with van der Waals surface area (Å²) in [4.78, 5) is 12.2. The van der Waals surface area contributed by atoms with Crippen molar-refractivity contribution < 1.29 is 9.18 Å². The van der Waals surface area contributed by atoms with Crippen molar-refractivity contribution in [2.45, 2.75) is 26.2 Å². The zero-order valence-electron chi connectivity index (χ0n) is 10.8. The number of halogens is 1. The summed E-state index contributed by atoms with van der Waals surface area (Å²) >= 11 is 4.92. The molecule has 0 bridgehead atoms. The van der Waals surface area contributed by atoms with Crippen molar-refractivity contribution in [1.82, 2.24) is 5.32 Å². The highest BCUT2D eigenvalue weighted by Crippen LogP contribution is 2.46. The standard InChI is InChI=1S/C14H17FN2OS/c1-9-8-11(15)3-2-10(9)4-7-17-13(18)14(5-6-14)12(16)19/h2-3,8H,4-7H2,1H3,(H2,16,19)(H,17,18). The Hall–Kier alpha value is -1.49. The highest BCUT2D eigenvalue weighted by molar-refractivity contribution is 7.80. The van der Waals surface area contributed by atoms with Crippen LogP contribution < -0.4 is 11.1 Å². The molecular formula is C14H17FN2OS. The van der Waals surface area contributed by atoms with Crippen molar-refractivity contribution in [3.63, 3.8) is 0 Å². The number of nitrogens with two attached hydrogens (primary N) is 1. The van der Waals surface area contributed by atoms with Crippen LogP contribution >= 0.6 is 12.2 Å². The number of carbonyl (C=O) groups is 1. The fourth-order valence-corrected chi connectivity index (χ4v) is 2.43. The van der Waals surface area contributed by atoms with E-state index in [1.165, 1.54) is 12.1 Å². The van der Waals surface area contributed by atoms with Crippen molar-refractivity contribution >= 4 is 23.1 Å². The average Bonchev–Trinajstić information content (AvgIpc) is 3.13. The predicted molar refractivity (Wildman–Crippen MR) is 76.3 cm³/mol. The van der Waals surface area contributed by atoms with Crippen LogP contribution in [0.5, 0.6) is 0 Å². The highest BCUT2D eigenvalue weighted by Gasteiger charge is 2.52. The molecule has 102 valence electrons. The van der Waals surface area contributed by atoms with Gasteiger partial charge in [0.05, 0.1) is 10.4 Å². The number of rotatable bonds is 5. The molecule has 0 saturated heterocycles. The molecule has 0 aliphatic heterocycles. The zero-order valence-corrected chi connectivity index (χ0v) is 11.6. The molecule has 3 N–H and O–H groups in total. The fraction of sp³-hybridized carbons (Fsp3) is 0.429. The minimum atomic E-state index is -0.604. The molecule has 0 atom stereocenters. The number of thiocarbonyl (C=S) groups is 1. The molecule has 0 heterocycles. The van der Waals surface area contributed by atoms with Crippen LogP contribution in [0.3, 0.4) is 0 Å². The van der Waals surface area contributed by atoms with Crippen molar-refractivity contribution in [2.24, 2.45) is 11.1 Å². The fourth-order valence-electron chi connectivity index (χ4n) is 2.13. The third kappa shape index (κ3) is 2.92. The summed E-state index contributed by atoms with van der Waals surface area (Å²) < 4.78 is 13.0. The van der Waals surface area contributed by atoms with Crippen LogP contribution in [0.1, 0.15) is 24.0 Å². The van der Waals surface area contributed by atoms with Gasteiger partial charge >= 0.3 is 0 Å². The van der Waals surface area contributed by atoms with Gasteiger partial charge in [0.1, 0.15) is 5.82 Å². The molecule has 0 unspecified atom stereocenters. The van der Waals surface area contributed by atoms with Crippen LogP contribution in [0.15, 0.2) is 18.2 Å². The van der Waals surface area contributed by atoms with E-state index in [4.69, 9.17) is 18.0 Å². The largest absolute Gasteiger partial charge is 0.392 e. The lowest BCUT2D eigenvalue weighted by Crippen LogP contribution is -2.40. The Balaban J connectivity index is 1.87. The molecule has 19 heavy (non-hydrogen) atoms. The van der Waals surface area contributed by atoms with Gasteiger partial charge in [0, 0.05) is 6.54 Å². The van der Waals surface area contributed by atoms with E-state index in [2.05, 4.69) is 5.32 Å². The molecule has 2 rings (SSSR count). The van der Waals surface area contributed by atoms with E-state index in [-0.39, 0.29) is 16.7 Å². The van der Waals surface area contributed by atoms with Crippen molar-refractivity contribution in [3.8, 4) is 0 Å². The second-order valence-corrected chi connectivity index (χ2v) is 5.46. The van der Waals surface area contributed by atoms with E-state index < -0.39 is 5.41 Å². The molecule has 0 aromatic heterocycles. The Morgan fingerprint density at radius 1 is 1.53 bits per heavy atom. The smallest absolute Gasteiger partial charge is 0.233 e. The Bertz CT molecular complexity index is 526. The molecule has 1 aromatic rings. The van der Waals surface area contributed by atoms with Crippen LogP contribution in [0, 0.1) is 18.2 Å². The molecule has 0 radical (unpaired) electrons. The summed E-state index contributed by atoms with van der Waals surface area (Å²) in [6, 6.07) is 4.67. The minimum absolute atomic E-state index is 0.0836. The Kier molecular flexibility index (Phi) is 3.85. The lowest BCUT2D eigenvalue weighted by atomic mass is 10.0. The summed E-state index contributed by atoms with van der Waals surface area (Å²) in [7, 11) is 0. The maximum absolute atomic E-state index is 13.0. The minimum Gasteiger partial charge on any atom is -0.392 e. The lowest BCUT2D eigenvalue weighted by molar-refractivity contribution is -0.123. The van der Waals surface area contributed by atoms with Gasteiger partial charge in [-0.1, -0.05) is 18.3 Å². The Labute approximate surface area is 117 Å². The van der Waals surface area contributed by atoms with Crippen LogP contribution in [0.25, 0.3) is 0 Å². The predicted octanol–water partition coefficient (Wildman–Crippen LogP) is 1.86. The molecule has 1 saturated carbocycles. The van der Waals surface area contributed by atoms with Crippen molar-refractivity contribution in [3.05, 3.63) is 35.1 Å². The van der Waals surface area contributed by atoms with E-state index in [0.717, 1.165) is 24.0 Å². The van der Waals surface area contributed by atoms with E-state index in [1.807, 2.05) is 6.92 Å². The zero-order chi connectivity index (χ0) is 14.0. The van der Waals surface area contributed by atoms with Gasteiger partial charge in [-0.05, 0) is 49.4 Å². The normalized spacial score (nSPS) is 15.9. The number of hydrogen-bond donors (Lipinski definition) is 2. The molecule has 1 aromatic carbocycles. The first-order valence-corrected chi connectivity index (χ1v) is 6.70. The first-order chi connectivity index (χ1) is 8.95. The Morgan fingerprint density at radius 2 is 2.21 bits per heavy atom. The number of hydrogen-bond acceptors (Lipinski definition) is 2. The van der Waals surface area contributed by atoms with Crippen LogP contribution in [0.4, 0.5) is 4.39 Å². The summed E-state index contributed by atoms with van der Waals surface area (Å²) in [5.41, 5.74) is 6.90. The maximum atomic E-state index is 13.0. The molecule has 1 fully saturated rings. The number of amides is 1. The highest BCUT2D eigenvalue weighted by atomic mass is 32.1. The molecule has 1 aliphatic rings. The first kappa shape index (κ1) is 13.9. The number of nitrogens with one attached hydrogen (secondary N) is 1. The van der Waals surface area contributed by atoms with Gasteiger partial charge in [0.2, 0.25) is 5.91 Å². The molecule has 0 spiro atoms. The summed E-state index contributed by atoms with van der Waals surface area (Å²) in [6.07, 6.45) is 2.15. The van der Waals surface area contributed by atoms with Crippen LogP contribution in [0.2, 0.25) is 0 Å². The molecule has 5 heteroatoms. The van der Waals surface area contributed by atoms with Gasteiger partial charge in [-0.25, -0.2) is 4.39 Å². The van der Waals surface area contributed by atoms with Gasteiger partial charge in [0.15, 0.2) is 0 Å². The lowest BCUT2D eigenvalue weighted by Gasteiger charge is -2.14. The second-order valence-electron chi connectivity index (χ2n) is 5.02. The Morgan fingerprint density at radius 3 is 2.74 bits per heavy atom. The van der Waals surface area contributed by atoms with Crippen molar-refractivity contribution in [1.29, 1.82) is 0 Å². The number of benzene rings is 1. The SMILES string of the molecule is Cc1cc(F)ccc1CCNC(=O)C1(C(N)=S)CC1. The molecule has 1 amide bonds. The van der Waals surface area contributed by atoms with Gasteiger partial charge in [-0.3, -0.25) is 4.79 Å². The molecule has 1 aliphatic carbocycles. The van der Waals surface area contributed by atoms with Gasteiger partial charge in [-0.2, -0.15) is 0 Å². The first-order valence-electron chi connectivity index (χ1n) is 6.29. The maximum Gasteiger partial charge on any atom is 0.233 e. The second kappa shape index (κ2) is 5.25. The van der Waals surface area contributed by atoms with Crippen molar-refractivity contribution in [2.75, 3.05) is 6.54 Å². The number of aryl methyl sites for hydroxylation is 1. The van der Waals surface area contributed by atoms with E-state index >= 15 is 0 Å². The number of carbonyl (C=O) groups excluding carboxylic acids is 1. The quantitative estimate of drug-likeness (QED) is 0.809. The topological polar surface area (TPSA) is 55.1 Å². The molecule has 3 nitrogen and oxygen atoms in total. The van der Waals surface area contributed by atoms with E-state index in [9.17, 15) is 9.18 Å². The summed E-state index contributed by atoms with van der Waals surface area (Å²) in [5, 5.41) is 2.86.